The van der Waals surface area contributed by atoms with Crippen LogP contribution in [-0.2, 0) is 11.3 Å². The summed E-state index contributed by atoms with van der Waals surface area (Å²) in [4.78, 5) is 13.7. The Bertz CT molecular complexity index is 479. The fourth-order valence-corrected chi connectivity index (χ4v) is 2.77. The van der Waals surface area contributed by atoms with E-state index < -0.39 is 0 Å². The fourth-order valence-electron chi connectivity index (χ4n) is 2.27. The first-order valence-electron chi connectivity index (χ1n) is 7.03. The molecule has 1 aromatic carbocycles. The van der Waals surface area contributed by atoms with Crippen molar-refractivity contribution in [3.63, 3.8) is 0 Å². The quantitative estimate of drug-likeness (QED) is 0.809. The average Bonchev–Trinajstić information content (AvgIpc) is 2.74. The summed E-state index contributed by atoms with van der Waals surface area (Å²) in [5.74, 6) is 0.845. The van der Waals surface area contributed by atoms with E-state index in [2.05, 4.69) is 28.2 Å². The summed E-state index contributed by atoms with van der Waals surface area (Å²) in [5, 5.41) is 3.37. The predicted molar refractivity (Wildman–Crippen MR) is 82.8 cm³/mol. The van der Waals surface area contributed by atoms with Gasteiger partial charge in [-0.3, -0.25) is 4.79 Å². The third kappa shape index (κ3) is 3.52. The van der Waals surface area contributed by atoms with Crippen LogP contribution in [0.2, 0.25) is 0 Å². The van der Waals surface area contributed by atoms with E-state index >= 15 is 0 Å². The first kappa shape index (κ1) is 15.3. The Balaban J connectivity index is 2.11. The first-order valence-corrected chi connectivity index (χ1v) is 7.82. The van der Waals surface area contributed by atoms with Gasteiger partial charge in [0.25, 0.3) is 5.91 Å². The molecule has 0 aliphatic carbocycles. The predicted octanol–water partition coefficient (Wildman–Crippen LogP) is 2.56. The molecule has 1 aromatic rings. The number of hydrogen-bond acceptors (Lipinski definition) is 3. The van der Waals surface area contributed by atoms with Crippen LogP contribution in [-0.4, -0.2) is 37.0 Å². The van der Waals surface area contributed by atoms with E-state index in [1.807, 2.05) is 25.2 Å². The van der Waals surface area contributed by atoms with Crippen LogP contribution >= 0.6 is 15.9 Å². The number of likely N-dealkylation sites (N-methyl/N-ethyl adjacent to an activating group) is 1. The zero-order valence-corrected chi connectivity index (χ0v) is 13.6. The summed E-state index contributed by atoms with van der Waals surface area (Å²) in [6.07, 6.45) is 1.48. The summed E-state index contributed by atoms with van der Waals surface area (Å²) < 4.78 is 6.87. The van der Waals surface area contributed by atoms with E-state index in [9.17, 15) is 4.79 Å². The Morgan fingerprint density at radius 2 is 2.30 bits per heavy atom. The summed E-state index contributed by atoms with van der Waals surface area (Å²) in [6, 6.07) is 5.97. The Labute approximate surface area is 128 Å². The number of amides is 1. The van der Waals surface area contributed by atoms with E-state index in [-0.39, 0.29) is 12.0 Å². The molecule has 1 atom stereocenters. The lowest BCUT2D eigenvalue weighted by molar-refractivity contribution is -0.132. The molecule has 0 bridgehead atoms. The minimum atomic E-state index is -0.358. The van der Waals surface area contributed by atoms with Crippen molar-refractivity contribution in [2.75, 3.05) is 20.1 Å². The van der Waals surface area contributed by atoms with Crippen LogP contribution in [0.15, 0.2) is 22.7 Å². The van der Waals surface area contributed by atoms with Crippen molar-refractivity contribution >= 4 is 21.8 Å². The smallest absolute Gasteiger partial charge is 0.263 e. The van der Waals surface area contributed by atoms with E-state index in [1.54, 1.807) is 4.90 Å². The SMILES string of the molecule is CCCNCc1cccc(Br)c1OC1CCN(C)C1=O. The number of nitrogens with zero attached hydrogens (tertiary/aromatic N) is 1. The average molecular weight is 341 g/mol. The van der Waals surface area contributed by atoms with Gasteiger partial charge in [0.1, 0.15) is 5.75 Å². The molecule has 1 unspecified atom stereocenters. The number of carbonyl (C=O) groups excluding carboxylic acids is 1. The van der Waals surface area contributed by atoms with Crippen molar-refractivity contribution in [3.8, 4) is 5.75 Å². The highest BCUT2D eigenvalue weighted by atomic mass is 79.9. The molecule has 1 aliphatic heterocycles. The van der Waals surface area contributed by atoms with Crippen LogP contribution in [0.4, 0.5) is 0 Å². The molecule has 0 saturated carbocycles. The van der Waals surface area contributed by atoms with Crippen LogP contribution in [0.5, 0.6) is 5.75 Å². The highest BCUT2D eigenvalue weighted by Gasteiger charge is 2.31. The molecule has 1 fully saturated rings. The van der Waals surface area contributed by atoms with Crippen molar-refractivity contribution in [1.82, 2.24) is 10.2 Å². The van der Waals surface area contributed by atoms with Gasteiger partial charge in [-0.1, -0.05) is 19.1 Å². The maximum absolute atomic E-state index is 12.0. The van der Waals surface area contributed by atoms with Gasteiger partial charge in [-0.2, -0.15) is 0 Å². The maximum atomic E-state index is 12.0. The van der Waals surface area contributed by atoms with E-state index in [0.717, 1.165) is 48.3 Å². The van der Waals surface area contributed by atoms with Crippen LogP contribution in [0, 0.1) is 0 Å². The van der Waals surface area contributed by atoms with Crippen LogP contribution in [0.25, 0.3) is 0 Å². The number of benzene rings is 1. The molecule has 1 heterocycles. The number of ether oxygens (including phenoxy) is 1. The second kappa shape index (κ2) is 7.09. The summed E-state index contributed by atoms with van der Waals surface area (Å²) >= 11 is 3.52. The van der Waals surface area contributed by atoms with Gasteiger partial charge in [-0.15, -0.1) is 0 Å². The van der Waals surface area contributed by atoms with E-state index in [1.165, 1.54) is 0 Å². The third-order valence-electron chi connectivity index (χ3n) is 3.43. The molecule has 0 radical (unpaired) electrons. The molecule has 4 nitrogen and oxygen atoms in total. The van der Waals surface area contributed by atoms with Crippen LogP contribution in [0.1, 0.15) is 25.3 Å². The van der Waals surface area contributed by atoms with E-state index in [4.69, 9.17) is 4.74 Å². The molecule has 1 amide bonds. The second-order valence-electron chi connectivity index (χ2n) is 5.06. The van der Waals surface area contributed by atoms with Gasteiger partial charge in [0.15, 0.2) is 6.10 Å². The van der Waals surface area contributed by atoms with Crippen molar-refractivity contribution < 1.29 is 9.53 Å². The van der Waals surface area contributed by atoms with Gasteiger partial charge in [0, 0.05) is 32.1 Å². The summed E-state index contributed by atoms with van der Waals surface area (Å²) in [5.41, 5.74) is 1.08. The number of nitrogens with one attached hydrogen (secondary N) is 1. The number of likely N-dealkylation sites (tertiary alicyclic amines) is 1. The van der Waals surface area contributed by atoms with Gasteiger partial charge in [-0.25, -0.2) is 0 Å². The molecule has 110 valence electrons. The highest BCUT2D eigenvalue weighted by Crippen LogP contribution is 2.31. The topological polar surface area (TPSA) is 41.6 Å². The Morgan fingerprint density at radius 3 is 2.95 bits per heavy atom. The Kier molecular flexibility index (Phi) is 5.43. The zero-order valence-electron chi connectivity index (χ0n) is 12.0. The minimum Gasteiger partial charge on any atom is -0.479 e. The van der Waals surface area contributed by atoms with Crippen molar-refractivity contribution in [3.05, 3.63) is 28.2 Å². The first-order chi connectivity index (χ1) is 9.63. The third-order valence-corrected chi connectivity index (χ3v) is 4.05. The normalized spacial score (nSPS) is 18.6. The zero-order chi connectivity index (χ0) is 14.5. The molecular formula is C15H21BrN2O2. The van der Waals surface area contributed by atoms with Crippen molar-refractivity contribution in [2.45, 2.75) is 32.4 Å². The van der Waals surface area contributed by atoms with E-state index in [0.29, 0.717) is 0 Å². The number of rotatable bonds is 6. The van der Waals surface area contributed by atoms with Crippen molar-refractivity contribution in [1.29, 1.82) is 0 Å². The molecule has 20 heavy (non-hydrogen) atoms. The second-order valence-corrected chi connectivity index (χ2v) is 5.91. The molecule has 0 spiro atoms. The lowest BCUT2D eigenvalue weighted by atomic mass is 10.2. The fraction of sp³-hybridized carbons (Fsp3) is 0.533. The lowest BCUT2D eigenvalue weighted by Crippen LogP contribution is -2.30. The number of hydrogen-bond donors (Lipinski definition) is 1. The monoisotopic (exact) mass is 340 g/mol. The standard InChI is InChI=1S/C15H21BrN2O2/c1-3-8-17-10-11-5-4-6-12(16)14(11)20-13-7-9-18(2)15(13)19/h4-6,13,17H,3,7-10H2,1-2H3. The van der Waals surface area contributed by atoms with Gasteiger partial charge in [0.05, 0.1) is 4.47 Å². The van der Waals surface area contributed by atoms with Crippen LogP contribution < -0.4 is 10.1 Å². The molecule has 1 N–H and O–H groups in total. The Morgan fingerprint density at radius 1 is 1.50 bits per heavy atom. The number of para-hydroxylation sites is 1. The lowest BCUT2D eigenvalue weighted by Gasteiger charge is -2.17. The van der Waals surface area contributed by atoms with Crippen molar-refractivity contribution in [2.24, 2.45) is 0 Å². The number of halogens is 1. The van der Waals surface area contributed by atoms with Gasteiger partial charge >= 0.3 is 0 Å². The molecule has 2 rings (SSSR count). The summed E-state index contributed by atoms with van der Waals surface area (Å²) in [6.45, 7) is 4.62. The molecule has 0 aromatic heterocycles. The van der Waals surface area contributed by atoms with Gasteiger partial charge < -0.3 is 15.0 Å². The maximum Gasteiger partial charge on any atom is 0.263 e. The number of carbonyl (C=O) groups is 1. The Hall–Kier alpha value is -1.07. The molecule has 5 heteroatoms. The molecular weight excluding hydrogens is 320 g/mol. The van der Waals surface area contributed by atoms with Gasteiger partial charge in [-0.05, 0) is 35.0 Å². The minimum absolute atomic E-state index is 0.0632. The largest absolute Gasteiger partial charge is 0.479 e. The highest BCUT2D eigenvalue weighted by molar-refractivity contribution is 9.10. The van der Waals surface area contributed by atoms with Gasteiger partial charge in [0.2, 0.25) is 0 Å². The van der Waals surface area contributed by atoms with Crippen LogP contribution in [0.3, 0.4) is 0 Å². The summed E-state index contributed by atoms with van der Waals surface area (Å²) in [7, 11) is 1.81. The molecule has 1 saturated heterocycles. The molecule has 1 aliphatic rings.